The molecule has 1 aliphatic rings. The number of carbonyl (C=O) groups is 1. The molecule has 0 saturated carbocycles. The van der Waals surface area contributed by atoms with Gasteiger partial charge < -0.3 is 9.47 Å². The van der Waals surface area contributed by atoms with Crippen molar-refractivity contribution in [3.63, 3.8) is 0 Å². The summed E-state index contributed by atoms with van der Waals surface area (Å²) in [5.41, 5.74) is -1.11. The first-order valence-corrected chi connectivity index (χ1v) is 9.08. The van der Waals surface area contributed by atoms with Gasteiger partial charge in [0.05, 0.1) is 23.8 Å². The van der Waals surface area contributed by atoms with E-state index in [1.165, 1.54) is 18.2 Å². The largest absolute Gasteiger partial charge is 0.463 e. The zero-order valence-corrected chi connectivity index (χ0v) is 15.9. The van der Waals surface area contributed by atoms with Crippen LogP contribution in [0.1, 0.15) is 29.5 Å². The molecule has 0 aromatic heterocycles. The topological polar surface area (TPSA) is 83.2 Å². The van der Waals surface area contributed by atoms with E-state index in [-0.39, 0.29) is 23.5 Å². The van der Waals surface area contributed by atoms with Crippen LogP contribution in [-0.2, 0) is 20.4 Å². The van der Waals surface area contributed by atoms with Crippen molar-refractivity contribution in [1.29, 1.82) is 10.7 Å². The predicted octanol–water partition coefficient (Wildman–Crippen LogP) is 4.91. The van der Waals surface area contributed by atoms with Crippen LogP contribution in [0.3, 0.4) is 0 Å². The van der Waals surface area contributed by atoms with Crippen molar-refractivity contribution in [3.05, 3.63) is 76.9 Å². The third-order valence-corrected chi connectivity index (χ3v) is 4.66. The van der Waals surface area contributed by atoms with Crippen LogP contribution in [0.4, 0.5) is 13.2 Å². The minimum atomic E-state index is -4.72. The van der Waals surface area contributed by atoms with E-state index in [2.05, 4.69) is 0 Å². The second-order valence-corrected chi connectivity index (χ2v) is 6.47. The number of esters is 1. The molecule has 1 heterocycles. The number of rotatable bonds is 4. The lowest BCUT2D eigenvalue weighted by Gasteiger charge is -2.33. The van der Waals surface area contributed by atoms with Gasteiger partial charge in [0.25, 0.3) is 0 Å². The van der Waals surface area contributed by atoms with Gasteiger partial charge in [-0.3, -0.25) is 5.41 Å². The lowest BCUT2D eigenvalue weighted by atomic mass is 9.76. The van der Waals surface area contributed by atoms with Gasteiger partial charge >= 0.3 is 12.1 Å². The number of hydrogen-bond acceptors (Lipinski definition) is 5. The smallest absolute Gasteiger partial charge is 0.416 e. The van der Waals surface area contributed by atoms with Crippen LogP contribution >= 0.6 is 0 Å². The molecule has 1 N–H and O–H groups in total. The molecule has 2 atom stereocenters. The second kappa shape index (κ2) is 8.41. The predicted molar refractivity (Wildman–Crippen MR) is 102 cm³/mol. The quantitative estimate of drug-likeness (QED) is 0.721. The first kappa shape index (κ1) is 21.1. The maximum absolute atomic E-state index is 13.7. The highest BCUT2D eigenvalue weighted by molar-refractivity contribution is 6.03. The summed E-state index contributed by atoms with van der Waals surface area (Å²) in [7, 11) is 0. The molecule has 154 valence electrons. The summed E-state index contributed by atoms with van der Waals surface area (Å²) in [6.45, 7) is 1.54. The van der Waals surface area contributed by atoms with E-state index in [1.54, 1.807) is 37.3 Å². The number of ether oxygens (including phenoxy) is 2. The molecule has 5 nitrogen and oxygen atoms in total. The van der Waals surface area contributed by atoms with Crippen molar-refractivity contribution < 1.29 is 27.4 Å². The van der Waals surface area contributed by atoms with Gasteiger partial charge in [-0.1, -0.05) is 48.5 Å². The number of alkyl halides is 3. The van der Waals surface area contributed by atoms with E-state index in [9.17, 15) is 23.2 Å². The highest BCUT2D eigenvalue weighted by Gasteiger charge is 2.46. The molecule has 8 heteroatoms. The van der Waals surface area contributed by atoms with Crippen molar-refractivity contribution in [2.75, 3.05) is 6.61 Å². The fourth-order valence-electron chi connectivity index (χ4n) is 3.41. The van der Waals surface area contributed by atoms with E-state index in [0.29, 0.717) is 5.56 Å². The fraction of sp³-hybridized carbons (Fsp3) is 0.227. The van der Waals surface area contributed by atoms with Gasteiger partial charge in [-0.25, -0.2) is 4.79 Å². The summed E-state index contributed by atoms with van der Waals surface area (Å²) < 4.78 is 51.8. The van der Waals surface area contributed by atoms with Crippen LogP contribution in [0.25, 0.3) is 5.76 Å². The lowest BCUT2D eigenvalue weighted by molar-refractivity contribution is -0.141. The number of nitrogens with one attached hydrogen (secondary N) is 1. The Bertz CT molecular complexity index is 1040. The Kier molecular flexibility index (Phi) is 5.92. The number of hydrogen-bond donors (Lipinski definition) is 1. The Balaban J connectivity index is 2.35. The monoisotopic (exact) mass is 414 g/mol. The molecule has 0 bridgehead atoms. The summed E-state index contributed by atoms with van der Waals surface area (Å²) >= 11 is 0. The Morgan fingerprint density at radius 1 is 1.17 bits per heavy atom. The van der Waals surface area contributed by atoms with E-state index >= 15 is 0 Å². The third-order valence-electron chi connectivity index (χ3n) is 4.66. The van der Waals surface area contributed by atoms with Gasteiger partial charge in [0.15, 0.2) is 0 Å². The SMILES string of the molecule is CCOC(=O)C1=C(c2ccccc2)OC(=N)C(C#N)C1c1ccccc1C(F)(F)F. The van der Waals surface area contributed by atoms with Gasteiger partial charge in [0, 0.05) is 11.5 Å². The van der Waals surface area contributed by atoms with Crippen LogP contribution < -0.4 is 0 Å². The van der Waals surface area contributed by atoms with Crippen molar-refractivity contribution in [2.24, 2.45) is 5.92 Å². The summed E-state index contributed by atoms with van der Waals surface area (Å²) in [5.74, 6) is -4.34. The van der Waals surface area contributed by atoms with E-state index in [0.717, 1.165) is 6.07 Å². The number of nitrogens with zero attached hydrogens (tertiary/aromatic N) is 1. The molecule has 2 unspecified atom stereocenters. The van der Waals surface area contributed by atoms with E-state index in [1.807, 2.05) is 6.07 Å². The molecular formula is C22H17F3N2O3. The molecule has 0 amide bonds. The van der Waals surface area contributed by atoms with Crippen LogP contribution in [0.15, 0.2) is 60.2 Å². The van der Waals surface area contributed by atoms with E-state index < -0.39 is 35.4 Å². The molecule has 2 aromatic carbocycles. The third kappa shape index (κ3) is 3.92. The van der Waals surface area contributed by atoms with Crippen LogP contribution in [0.2, 0.25) is 0 Å². The Labute approximate surface area is 170 Å². The summed E-state index contributed by atoms with van der Waals surface area (Å²) in [5, 5.41) is 17.8. The molecule has 0 fully saturated rings. The molecule has 0 radical (unpaired) electrons. The summed E-state index contributed by atoms with van der Waals surface area (Å²) in [4.78, 5) is 12.9. The van der Waals surface area contributed by atoms with Crippen molar-refractivity contribution in [3.8, 4) is 6.07 Å². The van der Waals surface area contributed by atoms with Gasteiger partial charge in [0.1, 0.15) is 11.7 Å². The van der Waals surface area contributed by atoms with Gasteiger partial charge in [-0.05, 0) is 18.6 Å². The zero-order chi connectivity index (χ0) is 21.9. The summed E-state index contributed by atoms with van der Waals surface area (Å²) in [6.07, 6.45) is -4.72. The van der Waals surface area contributed by atoms with Gasteiger partial charge in [-0.15, -0.1) is 0 Å². The van der Waals surface area contributed by atoms with E-state index in [4.69, 9.17) is 14.9 Å². The molecule has 30 heavy (non-hydrogen) atoms. The van der Waals surface area contributed by atoms with Crippen LogP contribution in [0.5, 0.6) is 0 Å². The van der Waals surface area contributed by atoms with Crippen LogP contribution in [0, 0.1) is 22.7 Å². The molecule has 3 rings (SSSR count). The lowest BCUT2D eigenvalue weighted by Crippen LogP contribution is -2.34. The maximum Gasteiger partial charge on any atom is 0.416 e. The van der Waals surface area contributed by atoms with Crippen molar-refractivity contribution >= 4 is 17.6 Å². The average Bonchev–Trinajstić information content (AvgIpc) is 2.73. The molecule has 0 spiro atoms. The number of halogens is 3. The fourth-order valence-corrected chi connectivity index (χ4v) is 3.41. The van der Waals surface area contributed by atoms with Crippen LogP contribution in [-0.4, -0.2) is 18.5 Å². The second-order valence-electron chi connectivity index (χ2n) is 6.47. The summed E-state index contributed by atoms with van der Waals surface area (Å²) in [6, 6.07) is 14.8. The molecule has 2 aromatic rings. The highest BCUT2D eigenvalue weighted by Crippen LogP contribution is 2.46. The minimum absolute atomic E-state index is 0.0211. The normalized spacial score (nSPS) is 19.1. The highest BCUT2D eigenvalue weighted by atomic mass is 19.4. The van der Waals surface area contributed by atoms with Gasteiger partial charge in [0.2, 0.25) is 5.90 Å². The Hall–Kier alpha value is -3.60. The maximum atomic E-state index is 13.7. The zero-order valence-electron chi connectivity index (χ0n) is 15.9. The van der Waals surface area contributed by atoms with Gasteiger partial charge in [-0.2, -0.15) is 18.4 Å². The average molecular weight is 414 g/mol. The van der Waals surface area contributed by atoms with Crippen molar-refractivity contribution in [2.45, 2.75) is 19.0 Å². The molecule has 1 aliphatic heterocycles. The molecular weight excluding hydrogens is 397 g/mol. The molecule has 0 saturated heterocycles. The number of nitriles is 1. The molecule has 0 aliphatic carbocycles. The van der Waals surface area contributed by atoms with Crippen molar-refractivity contribution in [1.82, 2.24) is 0 Å². The Morgan fingerprint density at radius 2 is 1.80 bits per heavy atom. The first-order valence-electron chi connectivity index (χ1n) is 9.08. The first-order chi connectivity index (χ1) is 14.3. The number of carbonyl (C=O) groups excluding carboxylic acids is 1. The Morgan fingerprint density at radius 3 is 2.40 bits per heavy atom. The standard InChI is InChI=1S/C22H17F3N2O3/c1-2-29-21(28)18-17(14-10-6-7-11-16(14)22(23,24)25)15(12-26)20(27)30-19(18)13-8-4-3-5-9-13/h3-11,15,17,27H,2H2,1H3. The minimum Gasteiger partial charge on any atom is -0.463 e. The number of benzene rings is 2.